The third kappa shape index (κ3) is 7.24. The summed E-state index contributed by atoms with van der Waals surface area (Å²) in [6.07, 6.45) is 18.3. The molecule has 1 aliphatic carbocycles. The van der Waals surface area contributed by atoms with Crippen molar-refractivity contribution in [3.8, 4) is 0 Å². The number of hydrogen-bond acceptors (Lipinski definition) is 4. The van der Waals surface area contributed by atoms with E-state index in [1.165, 1.54) is 39.2 Å². The SMILES string of the molecule is CCC(CC)C1=CCC(C)/C=C(\c2cccc3c2CCC/C=C\C(c2ccc(N4CC(C)O[C@@H](C)C4)cc2)=C3OC)C=N1. The van der Waals surface area contributed by atoms with Crippen LogP contribution in [-0.2, 0) is 15.9 Å². The molecule has 0 bridgehead atoms. The Morgan fingerprint density at radius 1 is 0.977 bits per heavy atom. The summed E-state index contributed by atoms with van der Waals surface area (Å²) in [4.78, 5) is 7.52. The highest BCUT2D eigenvalue weighted by Gasteiger charge is 2.24. The molecule has 4 nitrogen and oxygen atoms in total. The molecule has 228 valence electrons. The number of rotatable bonds is 7. The van der Waals surface area contributed by atoms with Crippen LogP contribution in [-0.4, -0.2) is 38.6 Å². The molecule has 2 aromatic carbocycles. The third-order valence-corrected chi connectivity index (χ3v) is 9.14. The molecule has 43 heavy (non-hydrogen) atoms. The second-order valence-corrected chi connectivity index (χ2v) is 12.5. The molecule has 0 saturated carbocycles. The predicted molar refractivity (Wildman–Crippen MR) is 183 cm³/mol. The highest BCUT2D eigenvalue weighted by Crippen LogP contribution is 2.37. The van der Waals surface area contributed by atoms with Crippen LogP contribution in [0.15, 0.2) is 77.5 Å². The van der Waals surface area contributed by atoms with E-state index in [1.54, 1.807) is 0 Å². The molecule has 0 radical (unpaired) electrons. The molecular weight excluding hydrogens is 528 g/mol. The third-order valence-electron chi connectivity index (χ3n) is 9.14. The molecule has 2 heterocycles. The average Bonchev–Trinajstić information content (AvgIpc) is 3.09. The largest absolute Gasteiger partial charge is 0.495 e. The van der Waals surface area contributed by atoms with E-state index in [9.17, 15) is 0 Å². The van der Waals surface area contributed by atoms with E-state index in [1.807, 2.05) is 7.11 Å². The standard InChI is InChI=1S/C39H50N2O2/c1-7-30(8-2)38-22-17-27(3)23-32(24-40-38)34-15-12-16-37-36(34)14-11-9-10-13-35(39(37)42-6)31-18-20-33(21-19-31)41-25-28(4)43-29(5)26-41/h10,12-13,15-16,18-24,27-30H,7-9,11,14,17,25-26H2,1-6H3/b13-10-,32-23-,38-22?,39-35?,40-24?/t27?,28-,29?/m0/s1. The van der Waals surface area contributed by atoms with E-state index >= 15 is 0 Å². The average molecular weight is 579 g/mol. The van der Waals surface area contributed by atoms with Crippen molar-refractivity contribution in [2.75, 3.05) is 25.1 Å². The molecule has 3 aliphatic rings. The zero-order chi connectivity index (χ0) is 30.3. The maximum atomic E-state index is 6.28. The Morgan fingerprint density at radius 3 is 2.40 bits per heavy atom. The second-order valence-electron chi connectivity index (χ2n) is 12.5. The summed E-state index contributed by atoms with van der Waals surface area (Å²) in [5.41, 5.74) is 9.82. The number of morpholine rings is 1. The lowest BCUT2D eigenvalue weighted by Gasteiger charge is -2.37. The van der Waals surface area contributed by atoms with Gasteiger partial charge in [-0.05, 0) is 92.7 Å². The van der Waals surface area contributed by atoms with Crippen LogP contribution < -0.4 is 4.90 Å². The summed E-state index contributed by atoms with van der Waals surface area (Å²) in [5, 5.41) is 0. The van der Waals surface area contributed by atoms with Crippen LogP contribution in [0.25, 0.3) is 16.9 Å². The van der Waals surface area contributed by atoms with Crippen LogP contribution in [0.2, 0.25) is 0 Å². The summed E-state index contributed by atoms with van der Waals surface area (Å²) in [6.45, 7) is 13.0. The Labute approximate surface area is 259 Å². The number of methoxy groups -OCH3 is 1. The summed E-state index contributed by atoms with van der Waals surface area (Å²) in [5.74, 6) is 1.90. The zero-order valence-corrected chi connectivity index (χ0v) is 27.1. The van der Waals surface area contributed by atoms with Crippen LogP contribution in [0.1, 0.15) is 89.0 Å². The number of aliphatic imine (C=N–C) groups is 1. The van der Waals surface area contributed by atoms with Gasteiger partial charge in [0, 0.05) is 47.7 Å². The topological polar surface area (TPSA) is 34.1 Å². The molecule has 4 heteroatoms. The van der Waals surface area contributed by atoms with Crippen LogP contribution >= 0.6 is 0 Å². The van der Waals surface area contributed by atoms with E-state index < -0.39 is 0 Å². The Hall–Kier alpha value is -3.37. The smallest absolute Gasteiger partial charge is 0.134 e. The van der Waals surface area contributed by atoms with Crippen molar-refractivity contribution >= 4 is 28.8 Å². The van der Waals surface area contributed by atoms with E-state index in [0.29, 0.717) is 11.8 Å². The van der Waals surface area contributed by atoms with Crippen LogP contribution in [0.4, 0.5) is 5.69 Å². The van der Waals surface area contributed by atoms with E-state index in [4.69, 9.17) is 14.5 Å². The van der Waals surface area contributed by atoms with Crippen LogP contribution in [0.5, 0.6) is 0 Å². The maximum Gasteiger partial charge on any atom is 0.134 e. The molecule has 1 fully saturated rings. The number of ether oxygens (including phenoxy) is 2. The number of allylic oxidation sites excluding steroid dienone is 7. The molecule has 5 rings (SSSR count). The quantitative estimate of drug-likeness (QED) is 0.328. The molecule has 2 aliphatic heterocycles. The minimum absolute atomic E-state index is 0.234. The van der Waals surface area contributed by atoms with E-state index in [2.05, 4.69) is 113 Å². The highest BCUT2D eigenvalue weighted by atomic mass is 16.5. The Balaban J connectivity index is 1.55. The summed E-state index contributed by atoms with van der Waals surface area (Å²) >= 11 is 0. The fourth-order valence-electron chi connectivity index (χ4n) is 6.91. The van der Waals surface area contributed by atoms with Gasteiger partial charge in [0.2, 0.25) is 0 Å². The van der Waals surface area contributed by atoms with Gasteiger partial charge in [-0.25, -0.2) is 0 Å². The number of benzene rings is 2. The van der Waals surface area contributed by atoms with Crippen molar-refractivity contribution in [3.63, 3.8) is 0 Å². The monoisotopic (exact) mass is 578 g/mol. The van der Waals surface area contributed by atoms with Crippen molar-refractivity contribution in [1.29, 1.82) is 0 Å². The number of anilines is 1. The van der Waals surface area contributed by atoms with E-state index in [-0.39, 0.29) is 12.2 Å². The molecule has 2 aromatic rings. The Morgan fingerprint density at radius 2 is 1.70 bits per heavy atom. The van der Waals surface area contributed by atoms with Crippen molar-refractivity contribution in [2.45, 2.75) is 85.4 Å². The second kappa shape index (κ2) is 14.4. The van der Waals surface area contributed by atoms with Crippen molar-refractivity contribution in [3.05, 3.63) is 94.7 Å². The summed E-state index contributed by atoms with van der Waals surface area (Å²) in [6, 6.07) is 15.7. The molecule has 0 aromatic heterocycles. The fraction of sp³-hybridized carbons (Fsp3) is 0.462. The zero-order valence-electron chi connectivity index (χ0n) is 27.1. The van der Waals surface area contributed by atoms with Gasteiger partial charge < -0.3 is 14.4 Å². The van der Waals surface area contributed by atoms with Gasteiger partial charge in [0.05, 0.1) is 19.3 Å². The summed E-state index contributed by atoms with van der Waals surface area (Å²) < 4.78 is 12.2. The van der Waals surface area contributed by atoms with Crippen molar-refractivity contribution < 1.29 is 9.47 Å². The van der Waals surface area contributed by atoms with Crippen LogP contribution in [0.3, 0.4) is 0 Å². The van der Waals surface area contributed by atoms with Gasteiger partial charge in [0.25, 0.3) is 0 Å². The molecule has 0 N–H and O–H groups in total. The molecular formula is C39H50N2O2. The number of nitrogens with zero attached hydrogens (tertiary/aromatic N) is 2. The van der Waals surface area contributed by atoms with Crippen molar-refractivity contribution in [1.82, 2.24) is 0 Å². The Kier molecular flexibility index (Phi) is 10.4. The minimum Gasteiger partial charge on any atom is -0.495 e. The van der Waals surface area contributed by atoms with Gasteiger partial charge in [-0.15, -0.1) is 0 Å². The van der Waals surface area contributed by atoms with Gasteiger partial charge in [-0.2, -0.15) is 0 Å². The van der Waals surface area contributed by atoms with Gasteiger partial charge in [-0.3, -0.25) is 4.99 Å². The normalized spacial score (nSPS) is 25.0. The summed E-state index contributed by atoms with van der Waals surface area (Å²) in [7, 11) is 1.81. The molecule has 0 amide bonds. The first kappa shape index (κ1) is 31.1. The van der Waals surface area contributed by atoms with Gasteiger partial charge >= 0.3 is 0 Å². The lowest BCUT2D eigenvalue weighted by molar-refractivity contribution is -0.00521. The molecule has 3 atom stereocenters. The lowest BCUT2D eigenvalue weighted by Crippen LogP contribution is -2.45. The first-order valence-corrected chi connectivity index (χ1v) is 16.5. The van der Waals surface area contributed by atoms with E-state index in [0.717, 1.165) is 62.9 Å². The van der Waals surface area contributed by atoms with Gasteiger partial charge in [0.15, 0.2) is 0 Å². The lowest BCUT2D eigenvalue weighted by atomic mass is 9.88. The maximum absolute atomic E-state index is 6.28. The Bertz CT molecular complexity index is 1400. The minimum atomic E-state index is 0.234. The molecule has 0 spiro atoms. The van der Waals surface area contributed by atoms with Crippen LogP contribution in [0, 0.1) is 11.8 Å². The van der Waals surface area contributed by atoms with Gasteiger partial charge in [-0.1, -0.05) is 75.4 Å². The van der Waals surface area contributed by atoms with Crippen molar-refractivity contribution in [2.24, 2.45) is 16.8 Å². The first-order valence-electron chi connectivity index (χ1n) is 16.5. The fourth-order valence-corrected chi connectivity index (χ4v) is 6.91. The first-order chi connectivity index (χ1) is 20.9. The van der Waals surface area contributed by atoms with Gasteiger partial charge in [0.1, 0.15) is 5.76 Å². The molecule has 2 unspecified atom stereocenters. The number of hydrogen-bond donors (Lipinski definition) is 0. The molecule has 1 saturated heterocycles. The highest BCUT2D eigenvalue weighted by molar-refractivity contribution is 6.11. The predicted octanol–water partition coefficient (Wildman–Crippen LogP) is 9.52. The number of fused-ring (bicyclic) bond motifs is 1.